The van der Waals surface area contributed by atoms with Gasteiger partial charge in [-0.3, -0.25) is 0 Å². The molecule has 0 aliphatic rings. The normalized spacial score (nSPS) is 11.2. The number of rotatable bonds is 7. The first kappa shape index (κ1) is 29.5. The number of nitrogens with one attached hydrogen (secondary N) is 1. The van der Waals surface area contributed by atoms with Gasteiger partial charge in [0.1, 0.15) is 11.2 Å². The van der Waals surface area contributed by atoms with Gasteiger partial charge in [0, 0.05) is 33.3 Å². The van der Waals surface area contributed by atoms with Crippen molar-refractivity contribution in [2.24, 2.45) is 0 Å². The predicted octanol–water partition coefficient (Wildman–Crippen LogP) is 13.7. The van der Waals surface area contributed by atoms with Crippen LogP contribution in [0.5, 0.6) is 0 Å². The fraction of sp³-hybridized carbons (Fsp3) is 0. The molecule has 0 unspecified atom stereocenters. The molecule has 2 nitrogen and oxygen atoms in total. The van der Waals surface area contributed by atoms with Crippen LogP contribution < -0.4 is 5.32 Å². The summed E-state index contributed by atoms with van der Waals surface area (Å²) in [7, 11) is 0. The Balaban J connectivity index is 0.999. The molecule has 8 aromatic carbocycles. The highest BCUT2D eigenvalue weighted by molar-refractivity contribution is 6.09. The number of anilines is 2. The van der Waals surface area contributed by atoms with Crippen LogP contribution in [-0.4, -0.2) is 0 Å². The fourth-order valence-electron chi connectivity index (χ4n) is 6.96. The van der Waals surface area contributed by atoms with Gasteiger partial charge in [-0.15, -0.1) is 0 Å². The first-order valence-electron chi connectivity index (χ1n) is 17.0. The van der Waals surface area contributed by atoms with Crippen LogP contribution in [0.15, 0.2) is 199 Å². The second kappa shape index (κ2) is 12.8. The van der Waals surface area contributed by atoms with E-state index >= 15 is 0 Å². The van der Waals surface area contributed by atoms with Crippen LogP contribution in [-0.2, 0) is 0 Å². The van der Waals surface area contributed by atoms with Gasteiger partial charge in [-0.25, -0.2) is 0 Å². The minimum atomic E-state index is 0.918. The number of hydrogen-bond donors (Lipinski definition) is 1. The summed E-state index contributed by atoms with van der Waals surface area (Å²) < 4.78 is 6.31. The van der Waals surface area contributed by atoms with E-state index in [0.29, 0.717) is 0 Å². The van der Waals surface area contributed by atoms with Crippen molar-refractivity contribution in [2.45, 2.75) is 0 Å². The number of hydrogen-bond acceptors (Lipinski definition) is 2. The molecule has 1 N–H and O–H groups in total. The Morgan fingerprint density at radius 3 is 1.54 bits per heavy atom. The van der Waals surface area contributed by atoms with Gasteiger partial charge in [-0.05, 0) is 87.0 Å². The molecule has 0 saturated carbocycles. The summed E-state index contributed by atoms with van der Waals surface area (Å²) >= 11 is 0. The highest BCUT2D eigenvalue weighted by atomic mass is 16.3. The highest BCUT2D eigenvalue weighted by Crippen LogP contribution is 2.38. The zero-order valence-corrected chi connectivity index (χ0v) is 27.4. The first-order chi connectivity index (χ1) is 24.8. The first-order valence-corrected chi connectivity index (χ1v) is 17.0. The van der Waals surface area contributed by atoms with E-state index in [0.717, 1.165) is 44.4 Å². The van der Waals surface area contributed by atoms with E-state index in [1.54, 1.807) is 0 Å². The van der Waals surface area contributed by atoms with Crippen LogP contribution in [0.25, 0.3) is 77.6 Å². The smallest absolute Gasteiger partial charge is 0.143 e. The summed E-state index contributed by atoms with van der Waals surface area (Å²) in [5.74, 6) is 0. The molecule has 0 bridgehead atoms. The van der Waals surface area contributed by atoms with Gasteiger partial charge in [-0.1, -0.05) is 152 Å². The Morgan fingerprint density at radius 2 is 0.820 bits per heavy atom. The molecular formula is C48H33NO. The molecule has 0 amide bonds. The summed E-state index contributed by atoms with van der Waals surface area (Å²) in [4.78, 5) is 0. The van der Waals surface area contributed by atoms with E-state index in [9.17, 15) is 0 Å². The van der Waals surface area contributed by atoms with Crippen molar-refractivity contribution in [3.8, 4) is 55.6 Å². The zero-order chi connectivity index (χ0) is 33.3. The predicted molar refractivity (Wildman–Crippen MR) is 211 cm³/mol. The van der Waals surface area contributed by atoms with E-state index in [4.69, 9.17) is 4.42 Å². The van der Waals surface area contributed by atoms with Crippen LogP contribution in [0.2, 0.25) is 0 Å². The maximum atomic E-state index is 6.31. The van der Waals surface area contributed by atoms with Gasteiger partial charge < -0.3 is 9.73 Å². The van der Waals surface area contributed by atoms with Gasteiger partial charge in [0.25, 0.3) is 0 Å². The van der Waals surface area contributed by atoms with Crippen molar-refractivity contribution in [3.63, 3.8) is 0 Å². The van der Waals surface area contributed by atoms with Crippen LogP contribution in [0.4, 0.5) is 11.4 Å². The number of furan rings is 1. The second-order valence-electron chi connectivity index (χ2n) is 12.6. The van der Waals surface area contributed by atoms with Crippen LogP contribution >= 0.6 is 0 Å². The van der Waals surface area contributed by atoms with Gasteiger partial charge >= 0.3 is 0 Å². The molecular weight excluding hydrogens is 607 g/mol. The van der Waals surface area contributed by atoms with E-state index in [-0.39, 0.29) is 0 Å². The molecule has 0 fully saturated rings. The van der Waals surface area contributed by atoms with E-state index in [1.165, 1.54) is 44.5 Å². The van der Waals surface area contributed by atoms with Crippen molar-refractivity contribution in [3.05, 3.63) is 194 Å². The largest absolute Gasteiger partial charge is 0.455 e. The lowest BCUT2D eigenvalue weighted by atomic mass is 9.94. The van der Waals surface area contributed by atoms with E-state index in [2.05, 4.69) is 181 Å². The summed E-state index contributed by atoms with van der Waals surface area (Å²) in [6.07, 6.45) is 0. The lowest BCUT2D eigenvalue weighted by molar-refractivity contribution is 0.670. The average Bonchev–Trinajstić information content (AvgIpc) is 3.58. The topological polar surface area (TPSA) is 25.2 Å². The molecule has 0 radical (unpaired) electrons. The van der Waals surface area contributed by atoms with Crippen molar-refractivity contribution in [1.29, 1.82) is 0 Å². The van der Waals surface area contributed by atoms with Crippen LogP contribution in [0.3, 0.4) is 0 Å². The quantitative estimate of drug-likeness (QED) is 0.188. The number of fused-ring (bicyclic) bond motifs is 3. The average molecular weight is 640 g/mol. The van der Waals surface area contributed by atoms with Gasteiger partial charge in [-0.2, -0.15) is 0 Å². The maximum Gasteiger partial charge on any atom is 0.143 e. The molecule has 2 heteroatoms. The molecule has 9 rings (SSSR count). The third kappa shape index (κ3) is 5.63. The molecule has 1 heterocycles. The Hall–Kier alpha value is -6.64. The summed E-state index contributed by atoms with van der Waals surface area (Å²) in [5.41, 5.74) is 15.7. The molecule has 0 atom stereocenters. The lowest BCUT2D eigenvalue weighted by Crippen LogP contribution is -1.93. The van der Waals surface area contributed by atoms with E-state index < -0.39 is 0 Å². The molecule has 0 saturated heterocycles. The second-order valence-corrected chi connectivity index (χ2v) is 12.6. The Kier molecular flexibility index (Phi) is 7.53. The van der Waals surface area contributed by atoms with Crippen molar-refractivity contribution in [2.75, 3.05) is 5.32 Å². The highest BCUT2D eigenvalue weighted by Gasteiger charge is 2.13. The minimum absolute atomic E-state index is 0.918. The molecule has 0 aliphatic heterocycles. The number of benzene rings is 8. The van der Waals surface area contributed by atoms with Gasteiger partial charge in [0.15, 0.2) is 0 Å². The SMILES string of the molecule is c1ccc(Nc2ccccc2-c2cccc(-c3cccc(-c4cccc(-c5ccc(-c6cccc7c6oc6ccccc67)cc5)c4)c3)c2)cc1. The van der Waals surface area contributed by atoms with Crippen molar-refractivity contribution < 1.29 is 4.42 Å². The zero-order valence-electron chi connectivity index (χ0n) is 27.4. The van der Waals surface area contributed by atoms with Crippen molar-refractivity contribution in [1.82, 2.24) is 0 Å². The molecule has 0 spiro atoms. The fourth-order valence-corrected chi connectivity index (χ4v) is 6.96. The van der Waals surface area contributed by atoms with Gasteiger partial charge in [0.05, 0.1) is 0 Å². The molecule has 236 valence electrons. The van der Waals surface area contributed by atoms with Crippen molar-refractivity contribution >= 4 is 33.3 Å². The van der Waals surface area contributed by atoms with Crippen LogP contribution in [0.1, 0.15) is 0 Å². The summed E-state index contributed by atoms with van der Waals surface area (Å²) in [6, 6.07) is 68.7. The monoisotopic (exact) mass is 639 g/mol. The third-order valence-electron chi connectivity index (χ3n) is 9.48. The summed E-state index contributed by atoms with van der Waals surface area (Å²) in [5, 5.41) is 5.89. The van der Waals surface area contributed by atoms with Gasteiger partial charge in [0.2, 0.25) is 0 Å². The maximum absolute atomic E-state index is 6.31. The Labute approximate surface area is 291 Å². The third-order valence-corrected chi connectivity index (χ3v) is 9.48. The number of para-hydroxylation sites is 4. The molecule has 1 aromatic heterocycles. The van der Waals surface area contributed by atoms with E-state index in [1.807, 2.05) is 18.2 Å². The summed E-state index contributed by atoms with van der Waals surface area (Å²) in [6.45, 7) is 0. The Morgan fingerprint density at radius 1 is 0.320 bits per heavy atom. The molecule has 0 aliphatic carbocycles. The molecule has 9 aromatic rings. The Bertz CT molecular complexity index is 2610. The standard InChI is InChI=1S/C48H33NO/c1-2-18-41(19-3-1)49-46-24-6-4-20-42(46)40-17-10-16-39(32-40)38-15-9-14-37(31-38)36-13-8-12-35(30-36)33-26-28-34(29-27-33)43-22-11-23-45-44-21-5-7-25-47(44)50-48(43)45/h1-32,49H. The van der Waals surface area contributed by atoms with Crippen LogP contribution in [0, 0.1) is 0 Å². The lowest BCUT2D eigenvalue weighted by Gasteiger charge is -2.14. The minimum Gasteiger partial charge on any atom is -0.455 e. The molecule has 50 heavy (non-hydrogen) atoms.